The van der Waals surface area contributed by atoms with Gasteiger partial charge in [0.25, 0.3) is 5.92 Å². The lowest BCUT2D eigenvalue weighted by atomic mass is 9.97. The number of carbonyl (C=O) groups is 2. The van der Waals surface area contributed by atoms with E-state index in [2.05, 4.69) is 9.97 Å². The second-order valence-electron chi connectivity index (χ2n) is 11.6. The molecule has 2 amide bonds. The molecule has 1 unspecified atom stereocenters. The summed E-state index contributed by atoms with van der Waals surface area (Å²) in [5, 5.41) is 21.1. The average Bonchev–Trinajstić information content (AvgIpc) is 2.78. The number of carboxylic acid groups (broad SMARTS) is 1. The van der Waals surface area contributed by atoms with E-state index in [1.807, 2.05) is 0 Å². The van der Waals surface area contributed by atoms with Crippen LogP contribution in [0.5, 0.6) is 0 Å². The lowest BCUT2D eigenvalue weighted by Crippen LogP contribution is -2.59. The number of rotatable bonds is 7. The summed E-state index contributed by atoms with van der Waals surface area (Å²) in [6.45, 7) is 6.80. The molecule has 0 aliphatic carbocycles. The van der Waals surface area contributed by atoms with Crippen LogP contribution in [0.3, 0.4) is 0 Å². The summed E-state index contributed by atoms with van der Waals surface area (Å²) in [4.78, 5) is 36.2. The van der Waals surface area contributed by atoms with E-state index >= 15 is 0 Å². The number of aliphatic hydroxyl groups excluding tert-OH is 1. The molecule has 2 atom stereocenters. The largest absolute Gasteiger partial charge is 0.465 e. The van der Waals surface area contributed by atoms with Crippen molar-refractivity contribution in [3.63, 3.8) is 0 Å². The molecule has 3 rings (SSSR count). The van der Waals surface area contributed by atoms with Crippen molar-refractivity contribution >= 4 is 12.0 Å². The Morgan fingerprint density at radius 1 is 1.15 bits per heavy atom. The molecule has 0 radical (unpaired) electrons. The van der Waals surface area contributed by atoms with Crippen molar-refractivity contribution in [2.24, 2.45) is 0 Å². The fourth-order valence-electron chi connectivity index (χ4n) is 5.18. The fourth-order valence-corrected chi connectivity index (χ4v) is 5.18. The number of aromatic nitrogens is 2. The van der Waals surface area contributed by atoms with Gasteiger partial charge in [-0.15, -0.1) is 0 Å². The van der Waals surface area contributed by atoms with Crippen molar-refractivity contribution in [1.82, 2.24) is 24.7 Å². The predicted molar refractivity (Wildman–Crippen MR) is 130 cm³/mol. The predicted octanol–water partition coefficient (Wildman–Crippen LogP) is 4.09. The number of piperidine rings is 1. The summed E-state index contributed by atoms with van der Waals surface area (Å²) < 4.78 is 69.4. The maximum absolute atomic E-state index is 14.1. The molecule has 1 saturated heterocycles. The third-order valence-corrected chi connectivity index (χ3v) is 7.01. The first-order valence-corrected chi connectivity index (χ1v) is 12.9. The Morgan fingerprint density at radius 3 is 2.33 bits per heavy atom. The Kier molecular flexibility index (Phi) is 8.81. The molecule has 3 heterocycles. The average molecular weight is 566 g/mol. The van der Waals surface area contributed by atoms with Crippen LogP contribution in [0.25, 0.3) is 0 Å². The molecule has 0 bridgehead atoms. The molecule has 220 valence electrons. The van der Waals surface area contributed by atoms with E-state index in [0.717, 1.165) is 9.80 Å². The molecule has 2 N–H and O–H groups in total. The van der Waals surface area contributed by atoms with E-state index in [1.165, 1.54) is 4.90 Å². The highest BCUT2D eigenvalue weighted by molar-refractivity contribution is 5.77. The van der Waals surface area contributed by atoms with E-state index in [0.29, 0.717) is 0 Å². The van der Waals surface area contributed by atoms with Crippen molar-refractivity contribution in [3.8, 4) is 0 Å². The van der Waals surface area contributed by atoms with E-state index in [-0.39, 0.29) is 61.9 Å². The lowest BCUT2D eigenvalue weighted by Gasteiger charge is -2.44. The Morgan fingerprint density at radius 2 is 1.79 bits per heavy atom. The first-order valence-electron chi connectivity index (χ1n) is 12.9. The highest BCUT2D eigenvalue weighted by Crippen LogP contribution is 2.35. The molecule has 14 heteroatoms. The monoisotopic (exact) mass is 565 g/mol. The van der Waals surface area contributed by atoms with Gasteiger partial charge >= 0.3 is 12.3 Å². The maximum Gasteiger partial charge on any atom is 0.433 e. The number of alkyl halides is 5. The Balaban J connectivity index is 1.89. The number of likely N-dealkylation sites (tertiary alicyclic amines) is 1. The van der Waals surface area contributed by atoms with Gasteiger partial charge in [-0.3, -0.25) is 14.6 Å². The molecule has 1 fully saturated rings. The van der Waals surface area contributed by atoms with Gasteiger partial charge in [0.05, 0.1) is 18.3 Å². The topological polar surface area (TPSA) is 110 Å². The number of nitrogens with zero attached hydrogens (tertiary/aromatic N) is 5. The van der Waals surface area contributed by atoms with Crippen LogP contribution in [0, 0.1) is 0 Å². The minimum Gasteiger partial charge on any atom is -0.465 e. The van der Waals surface area contributed by atoms with Crippen LogP contribution >= 0.6 is 0 Å². The number of carbonyl (C=O) groups excluding carboxylic acids is 1. The molecular formula is C25H36F5N5O4. The van der Waals surface area contributed by atoms with Crippen LogP contribution < -0.4 is 0 Å². The van der Waals surface area contributed by atoms with Crippen LogP contribution in [0.15, 0.2) is 0 Å². The molecule has 39 heavy (non-hydrogen) atoms. The van der Waals surface area contributed by atoms with Gasteiger partial charge in [0.1, 0.15) is 12.1 Å². The second-order valence-corrected chi connectivity index (χ2v) is 11.6. The standard InChI is InChI=1S/C25H36F5N5O4/c1-14(2)21-31-17-12-33(9-7-16(17)20(32-21)25(28,29)30)19(37)10-15(35(22(38)39)23(3,4)5)11-34-13-24(26,27)8-6-18(34)36/h14-15,19,37H,6-13H2,1-5H3,(H,38,39)/t15-,19?/m0/s1. The zero-order valence-corrected chi connectivity index (χ0v) is 22.7. The fraction of sp³-hybridized carbons (Fsp3) is 0.760. The molecule has 2 aliphatic rings. The molecular weight excluding hydrogens is 529 g/mol. The van der Waals surface area contributed by atoms with Crippen molar-refractivity contribution in [2.75, 3.05) is 19.6 Å². The summed E-state index contributed by atoms with van der Waals surface area (Å²) in [5.74, 6) is -4.01. The Hall–Kier alpha value is -2.61. The van der Waals surface area contributed by atoms with Crippen molar-refractivity contribution in [1.29, 1.82) is 0 Å². The zero-order valence-electron chi connectivity index (χ0n) is 22.7. The third-order valence-electron chi connectivity index (χ3n) is 7.01. The van der Waals surface area contributed by atoms with Gasteiger partial charge in [-0.2, -0.15) is 13.2 Å². The summed E-state index contributed by atoms with van der Waals surface area (Å²) in [6.07, 6.45) is -8.72. The van der Waals surface area contributed by atoms with Crippen LogP contribution in [0.1, 0.15) is 82.6 Å². The minimum absolute atomic E-state index is 0.0116. The van der Waals surface area contributed by atoms with E-state index < -0.39 is 60.6 Å². The molecule has 2 aliphatic heterocycles. The smallest absolute Gasteiger partial charge is 0.433 e. The zero-order chi connectivity index (χ0) is 29.5. The summed E-state index contributed by atoms with van der Waals surface area (Å²) in [6, 6.07) is -1.07. The molecule has 1 aromatic heterocycles. The first-order chi connectivity index (χ1) is 17.8. The van der Waals surface area contributed by atoms with Crippen molar-refractivity contribution in [2.45, 2.75) is 103 Å². The normalized spacial score (nSPS) is 20.1. The van der Waals surface area contributed by atoms with E-state index in [4.69, 9.17) is 0 Å². The van der Waals surface area contributed by atoms with Crippen molar-refractivity contribution < 1.29 is 41.8 Å². The van der Waals surface area contributed by atoms with Gasteiger partial charge in [-0.25, -0.2) is 23.5 Å². The van der Waals surface area contributed by atoms with Gasteiger partial charge in [-0.1, -0.05) is 13.8 Å². The number of fused-ring (bicyclic) bond motifs is 1. The number of amides is 2. The van der Waals surface area contributed by atoms with Gasteiger partial charge in [-0.05, 0) is 27.2 Å². The number of halogens is 5. The summed E-state index contributed by atoms with van der Waals surface area (Å²) >= 11 is 0. The molecule has 1 aromatic rings. The van der Waals surface area contributed by atoms with Gasteiger partial charge in [0.2, 0.25) is 5.91 Å². The van der Waals surface area contributed by atoms with E-state index in [1.54, 1.807) is 34.6 Å². The second kappa shape index (κ2) is 11.1. The summed E-state index contributed by atoms with van der Waals surface area (Å²) in [7, 11) is 0. The highest BCUT2D eigenvalue weighted by atomic mass is 19.4. The number of aliphatic hydroxyl groups is 1. The van der Waals surface area contributed by atoms with E-state index in [9.17, 15) is 41.8 Å². The van der Waals surface area contributed by atoms with Crippen LogP contribution in [-0.4, -0.2) is 90.2 Å². The third kappa shape index (κ3) is 7.33. The molecule has 0 spiro atoms. The molecule has 9 nitrogen and oxygen atoms in total. The van der Waals surface area contributed by atoms with Gasteiger partial charge < -0.3 is 15.1 Å². The molecule has 0 aromatic carbocycles. The lowest BCUT2D eigenvalue weighted by molar-refractivity contribution is -0.149. The van der Waals surface area contributed by atoms with Crippen LogP contribution in [-0.2, 0) is 23.9 Å². The Labute approximate surface area is 224 Å². The Bertz CT molecular complexity index is 1080. The quantitative estimate of drug-likeness (QED) is 0.480. The molecule has 0 saturated carbocycles. The minimum atomic E-state index is -4.68. The maximum atomic E-state index is 14.1. The van der Waals surface area contributed by atoms with Gasteiger partial charge in [0.15, 0.2) is 5.69 Å². The summed E-state index contributed by atoms with van der Waals surface area (Å²) in [5.41, 5.74) is -1.93. The highest BCUT2D eigenvalue weighted by Gasteiger charge is 2.44. The SMILES string of the molecule is CC(C)c1nc2c(c(C(F)(F)F)n1)CCN(C(O)C[C@@H](CN1CC(F)(F)CCC1=O)N(C(=O)O)C(C)(C)C)C2. The van der Waals surface area contributed by atoms with Crippen LogP contribution in [0.2, 0.25) is 0 Å². The van der Waals surface area contributed by atoms with Gasteiger partial charge in [0, 0.05) is 55.9 Å². The first kappa shape index (κ1) is 30.9. The van der Waals surface area contributed by atoms with Crippen LogP contribution in [0.4, 0.5) is 26.7 Å². The number of hydrogen-bond donors (Lipinski definition) is 2. The number of hydrogen-bond acceptors (Lipinski definition) is 6. The van der Waals surface area contributed by atoms with Crippen molar-refractivity contribution in [3.05, 3.63) is 22.8 Å².